The number of hydrogen-bond acceptors (Lipinski definition) is 6. The van der Waals surface area contributed by atoms with E-state index in [1.165, 1.54) is 11.3 Å². The van der Waals surface area contributed by atoms with Gasteiger partial charge in [-0.05, 0) is 44.9 Å². The molecule has 6 nitrogen and oxygen atoms in total. The van der Waals surface area contributed by atoms with Crippen molar-refractivity contribution in [3.8, 4) is 11.5 Å². The molecule has 0 atom stereocenters. The summed E-state index contributed by atoms with van der Waals surface area (Å²) in [5.74, 6) is 0.310. The molecule has 1 heterocycles. The third-order valence-corrected chi connectivity index (χ3v) is 4.87. The van der Waals surface area contributed by atoms with Crippen LogP contribution in [0.15, 0.2) is 24.3 Å². The van der Waals surface area contributed by atoms with E-state index in [1.54, 1.807) is 19.1 Å². The molecule has 1 N–H and O–H groups in total. The first-order valence-corrected chi connectivity index (χ1v) is 9.77. The number of thiophene rings is 1. The van der Waals surface area contributed by atoms with Crippen molar-refractivity contribution < 1.29 is 23.8 Å². The number of hydrogen-bond donors (Lipinski definition) is 1. The summed E-state index contributed by atoms with van der Waals surface area (Å²) in [6, 6.07) is 7.17. The first-order valence-electron chi connectivity index (χ1n) is 8.95. The Morgan fingerprint density at radius 1 is 1.04 bits per heavy atom. The van der Waals surface area contributed by atoms with E-state index in [1.807, 2.05) is 32.9 Å². The van der Waals surface area contributed by atoms with Gasteiger partial charge in [-0.2, -0.15) is 0 Å². The van der Waals surface area contributed by atoms with Crippen molar-refractivity contribution in [3.05, 3.63) is 40.3 Å². The van der Waals surface area contributed by atoms with Crippen molar-refractivity contribution in [2.45, 2.75) is 34.1 Å². The monoisotopic (exact) mass is 391 g/mol. The van der Waals surface area contributed by atoms with Gasteiger partial charge >= 0.3 is 5.97 Å². The second-order valence-corrected chi connectivity index (χ2v) is 6.86. The van der Waals surface area contributed by atoms with Crippen LogP contribution in [0.3, 0.4) is 0 Å². The van der Waals surface area contributed by atoms with Gasteiger partial charge in [-0.1, -0.05) is 19.1 Å². The molecule has 2 aromatic rings. The van der Waals surface area contributed by atoms with Crippen LogP contribution in [-0.2, 0) is 16.0 Å². The zero-order valence-corrected chi connectivity index (χ0v) is 16.9. The Hall–Kier alpha value is -2.54. The van der Waals surface area contributed by atoms with Gasteiger partial charge in [0.25, 0.3) is 5.91 Å². The second kappa shape index (κ2) is 9.97. The summed E-state index contributed by atoms with van der Waals surface area (Å²) in [6.07, 6.45) is 0.685. The molecule has 0 spiro atoms. The highest BCUT2D eigenvalue weighted by atomic mass is 32.1. The smallest absolute Gasteiger partial charge is 0.341 e. The number of carbonyl (C=O) groups is 2. The number of anilines is 1. The van der Waals surface area contributed by atoms with Crippen molar-refractivity contribution in [3.63, 3.8) is 0 Å². The Balaban J connectivity index is 2.11. The van der Waals surface area contributed by atoms with Gasteiger partial charge in [-0.25, -0.2) is 4.79 Å². The Kier molecular flexibility index (Phi) is 7.67. The number of rotatable bonds is 9. The van der Waals surface area contributed by atoms with E-state index in [-0.39, 0.29) is 19.1 Å². The number of amides is 1. The molecule has 7 heteroatoms. The molecule has 2 rings (SSSR count). The molecule has 1 amide bonds. The topological polar surface area (TPSA) is 73.9 Å². The number of nitrogens with one attached hydrogen (secondary N) is 1. The third-order valence-electron chi connectivity index (χ3n) is 3.80. The molecule has 0 aliphatic rings. The summed E-state index contributed by atoms with van der Waals surface area (Å²) in [4.78, 5) is 25.7. The maximum atomic E-state index is 12.4. The lowest BCUT2D eigenvalue weighted by Crippen LogP contribution is -2.21. The second-order valence-electron chi connectivity index (χ2n) is 5.63. The minimum atomic E-state index is -0.420. The van der Waals surface area contributed by atoms with Crippen LogP contribution >= 0.6 is 11.3 Å². The van der Waals surface area contributed by atoms with E-state index < -0.39 is 5.97 Å². The molecule has 0 aliphatic heterocycles. The molecule has 0 radical (unpaired) electrons. The molecule has 1 aromatic heterocycles. The van der Waals surface area contributed by atoms with Gasteiger partial charge in [0, 0.05) is 4.88 Å². The predicted molar refractivity (Wildman–Crippen MR) is 106 cm³/mol. The van der Waals surface area contributed by atoms with Crippen LogP contribution in [0, 0.1) is 6.92 Å². The summed E-state index contributed by atoms with van der Waals surface area (Å²) in [5.41, 5.74) is 1.33. The van der Waals surface area contributed by atoms with Crippen molar-refractivity contribution in [2.75, 3.05) is 25.1 Å². The number of benzene rings is 1. The van der Waals surface area contributed by atoms with E-state index in [0.717, 1.165) is 10.4 Å². The summed E-state index contributed by atoms with van der Waals surface area (Å²) in [6.45, 7) is 8.12. The van der Waals surface area contributed by atoms with Gasteiger partial charge in [0.1, 0.15) is 5.00 Å². The molecule has 27 heavy (non-hydrogen) atoms. The Bertz CT molecular complexity index is 800. The van der Waals surface area contributed by atoms with Gasteiger partial charge in [-0.3, -0.25) is 4.79 Å². The molecule has 0 aliphatic carbocycles. The molecule has 1 aromatic carbocycles. The maximum absolute atomic E-state index is 12.4. The standard InChI is InChI=1S/C20H25NO5S/c1-5-14-13(4)27-19(18(14)20(23)25-7-3)21-17(22)12-26-16-11-9-8-10-15(16)24-6-2/h8-11H,5-7,12H2,1-4H3,(H,21,22). The normalized spacial score (nSPS) is 10.4. The van der Waals surface area contributed by atoms with Crippen molar-refractivity contribution in [1.29, 1.82) is 0 Å². The van der Waals surface area contributed by atoms with Crippen LogP contribution < -0.4 is 14.8 Å². The molecular formula is C20H25NO5S. The number of para-hydroxylation sites is 2. The first kappa shape index (κ1) is 20.8. The lowest BCUT2D eigenvalue weighted by atomic mass is 10.1. The van der Waals surface area contributed by atoms with Gasteiger partial charge < -0.3 is 19.5 Å². The zero-order valence-electron chi connectivity index (χ0n) is 16.1. The van der Waals surface area contributed by atoms with Crippen LogP contribution in [0.1, 0.15) is 41.6 Å². The average Bonchev–Trinajstić information content (AvgIpc) is 2.96. The lowest BCUT2D eigenvalue weighted by Gasteiger charge is -2.12. The molecular weight excluding hydrogens is 366 g/mol. The van der Waals surface area contributed by atoms with Gasteiger partial charge in [0.05, 0.1) is 18.8 Å². The fourth-order valence-electron chi connectivity index (χ4n) is 2.66. The van der Waals surface area contributed by atoms with Gasteiger partial charge in [-0.15, -0.1) is 11.3 Å². The molecule has 0 saturated heterocycles. The quantitative estimate of drug-likeness (QED) is 0.648. The van der Waals surface area contributed by atoms with E-state index >= 15 is 0 Å². The molecule has 0 saturated carbocycles. The third kappa shape index (κ3) is 5.23. The predicted octanol–water partition coefficient (Wildman–Crippen LogP) is 4.21. The van der Waals surface area contributed by atoms with E-state index in [9.17, 15) is 9.59 Å². The fraction of sp³-hybridized carbons (Fsp3) is 0.400. The largest absolute Gasteiger partial charge is 0.490 e. The van der Waals surface area contributed by atoms with Crippen molar-refractivity contribution in [1.82, 2.24) is 0 Å². The highest BCUT2D eigenvalue weighted by Gasteiger charge is 2.23. The summed E-state index contributed by atoms with van der Waals surface area (Å²) >= 11 is 1.37. The van der Waals surface area contributed by atoms with Crippen LogP contribution in [0.4, 0.5) is 5.00 Å². The van der Waals surface area contributed by atoms with Crippen LogP contribution in [0.2, 0.25) is 0 Å². The number of aryl methyl sites for hydroxylation is 1. The highest BCUT2D eigenvalue weighted by molar-refractivity contribution is 7.16. The lowest BCUT2D eigenvalue weighted by molar-refractivity contribution is -0.118. The highest BCUT2D eigenvalue weighted by Crippen LogP contribution is 2.34. The molecule has 146 valence electrons. The van der Waals surface area contributed by atoms with Crippen LogP contribution in [0.25, 0.3) is 0 Å². The van der Waals surface area contributed by atoms with Crippen LogP contribution in [0.5, 0.6) is 11.5 Å². The van der Waals surface area contributed by atoms with Gasteiger partial charge in [0.15, 0.2) is 18.1 Å². The number of ether oxygens (including phenoxy) is 3. The SMILES string of the molecule is CCOC(=O)c1c(NC(=O)COc2ccccc2OCC)sc(C)c1CC. The molecule has 0 fully saturated rings. The van der Waals surface area contributed by atoms with Crippen LogP contribution in [-0.4, -0.2) is 31.7 Å². The maximum Gasteiger partial charge on any atom is 0.341 e. The van der Waals surface area contributed by atoms with Gasteiger partial charge in [0.2, 0.25) is 0 Å². The minimum Gasteiger partial charge on any atom is -0.490 e. The summed E-state index contributed by atoms with van der Waals surface area (Å²) in [7, 11) is 0. The number of carbonyl (C=O) groups excluding carboxylic acids is 2. The van der Waals surface area contributed by atoms with Crippen molar-refractivity contribution in [2.24, 2.45) is 0 Å². The Labute approximate surface area is 163 Å². The Morgan fingerprint density at radius 3 is 2.30 bits per heavy atom. The number of esters is 1. The molecule has 0 bridgehead atoms. The summed E-state index contributed by atoms with van der Waals surface area (Å²) < 4.78 is 16.2. The van der Waals surface area contributed by atoms with Crippen molar-refractivity contribution >= 4 is 28.2 Å². The Morgan fingerprint density at radius 2 is 1.70 bits per heavy atom. The first-order chi connectivity index (χ1) is 13.0. The van der Waals surface area contributed by atoms with E-state index in [2.05, 4.69) is 5.32 Å². The van der Waals surface area contributed by atoms with E-state index in [4.69, 9.17) is 14.2 Å². The molecule has 0 unspecified atom stereocenters. The summed E-state index contributed by atoms with van der Waals surface area (Å²) in [5, 5.41) is 3.27. The minimum absolute atomic E-state index is 0.190. The van der Waals surface area contributed by atoms with E-state index in [0.29, 0.717) is 35.1 Å². The average molecular weight is 391 g/mol. The fourth-order valence-corrected chi connectivity index (χ4v) is 3.81. The zero-order chi connectivity index (χ0) is 19.8.